The van der Waals surface area contributed by atoms with Crippen molar-refractivity contribution in [3.05, 3.63) is 23.7 Å². The van der Waals surface area contributed by atoms with Gasteiger partial charge >= 0.3 is 0 Å². The predicted octanol–water partition coefficient (Wildman–Crippen LogP) is 2.17. The molecule has 0 aliphatic carbocycles. The molecular weight excluding hydrogens is 194 g/mol. The largest absolute Gasteiger partial charge is 0.340 e. The molecule has 0 saturated carbocycles. The fourth-order valence-electron chi connectivity index (χ4n) is 1.40. The second-order valence-electron chi connectivity index (χ2n) is 3.25. The van der Waals surface area contributed by atoms with Crippen molar-refractivity contribution in [1.82, 2.24) is 15.0 Å². The number of fused-ring (bicyclic) bond motifs is 1. The van der Waals surface area contributed by atoms with Gasteiger partial charge in [0.1, 0.15) is 5.82 Å². The fourth-order valence-corrected chi connectivity index (χ4v) is 1.80. The van der Waals surface area contributed by atoms with E-state index < -0.39 is 0 Å². The highest BCUT2D eigenvalue weighted by Gasteiger charge is 2.04. The van der Waals surface area contributed by atoms with Crippen LogP contribution in [0.1, 0.15) is 11.4 Å². The summed E-state index contributed by atoms with van der Waals surface area (Å²) in [4.78, 5) is 12.0. The third kappa shape index (κ3) is 1.75. The summed E-state index contributed by atoms with van der Waals surface area (Å²) < 4.78 is 0. The molecule has 0 aliphatic heterocycles. The van der Waals surface area contributed by atoms with Crippen molar-refractivity contribution >= 4 is 22.9 Å². The highest BCUT2D eigenvalue weighted by molar-refractivity contribution is 7.98. The lowest BCUT2D eigenvalue weighted by atomic mass is 10.3. The minimum absolute atomic E-state index is 0.834. The van der Waals surface area contributed by atoms with Crippen LogP contribution in [0.3, 0.4) is 0 Å². The van der Waals surface area contributed by atoms with E-state index >= 15 is 0 Å². The number of imidazole rings is 1. The zero-order valence-electron chi connectivity index (χ0n) is 8.37. The lowest BCUT2D eigenvalue weighted by molar-refractivity contribution is 1.01. The zero-order chi connectivity index (χ0) is 9.97. The maximum Gasteiger partial charge on any atom is 0.177 e. The minimum atomic E-state index is 0.834. The van der Waals surface area contributed by atoms with Gasteiger partial charge in [-0.3, -0.25) is 0 Å². The number of nitrogens with zero attached hydrogens (tertiary/aromatic N) is 2. The van der Waals surface area contributed by atoms with E-state index in [-0.39, 0.29) is 0 Å². The summed E-state index contributed by atoms with van der Waals surface area (Å²) >= 11 is 1.83. The van der Waals surface area contributed by atoms with Crippen molar-refractivity contribution in [2.75, 3.05) is 12.0 Å². The Morgan fingerprint density at radius 1 is 1.50 bits per heavy atom. The molecule has 2 aromatic heterocycles. The monoisotopic (exact) mass is 207 g/mol. The van der Waals surface area contributed by atoms with Crippen LogP contribution in [0.5, 0.6) is 0 Å². The number of hydrogen-bond acceptors (Lipinski definition) is 3. The first-order chi connectivity index (χ1) is 6.81. The molecule has 0 atom stereocenters. The van der Waals surface area contributed by atoms with Crippen molar-refractivity contribution < 1.29 is 0 Å². The maximum atomic E-state index is 4.43. The molecule has 2 heterocycles. The third-order valence-electron chi connectivity index (χ3n) is 2.19. The van der Waals surface area contributed by atoms with Crippen LogP contribution in [0.25, 0.3) is 11.2 Å². The summed E-state index contributed by atoms with van der Waals surface area (Å²) in [6.07, 6.45) is 4.89. The first-order valence-electron chi connectivity index (χ1n) is 4.60. The number of thioether (sulfide) groups is 1. The average molecular weight is 207 g/mol. The lowest BCUT2D eigenvalue weighted by Gasteiger charge is -1.92. The second kappa shape index (κ2) is 4.00. The topological polar surface area (TPSA) is 41.6 Å². The first-order valence-corrected chi connectivity index (χ1v) is 6.00. The third-order valence-corrected chi connectivity index (χ3v) is 2.80. The summed E-state index contributed by atoms with van der Waals surface area (Å²) in [6.45, 7) is 2.07. The van der Waals surface area contributed by atoms with Gasteiger partial charge in [0, 0.05) is 18.4 Å². The van der Waals surface area contributed by atoms with Crippen LogP contribution in [0.2, 0.25) is 0 Å². The summed E-state index contributed by atoms with van der Waals surface area (Å²) in [5, 5.41) is 0. The summed E-state index contributed by atoms with van der Waals surface area (Å²) in [5.74, 6) is 2.13. The minimum Gasteiger partial charge on any atom is -0.340 e. The molecule has 3 nitrogen and oxygen atoms in total. The molecule has 0 spiro atoms. The van der Waals surface area contributed by atoms with Crippen LogP contribution in [0.15, 0.2) is 12.3 Å². The van der Waals surface area contributed by atoms with Gasteiger partial charge in [0.2, 0.25) is 0 Å². The average Bonchev–Trinajstić information content (AvgIpc) is 2.59. The van der Waals surface area contributed by atoms with Gasteiger partial charge in [0.25, 0.3) is 0 Å². The van der Waals surface area contributed by atoms with Crippen LogP contribution in [-0.2, 0) is 6.42 Å². The number of nitrogens with one attached hydrogen (secondary N) is 1. The van der Waals surface area contributed by atoms with Crippen molar-refractivity contribution in [1.29, 1.82) is 0 Å². The van der Waals surface area contributed by atoms with E-state index in [4.69, 9.17) is 0 Å². The van der Waals surface area contributed by atoms with E-state index in [2.05, 4.69) is 28.1 Å². The molecule has 0 amide bonds. The zero-order valence-corrected chi connectivity index (χ0v) is 9.19. The molecule has 2 rings (SSSR count). The van der Waals surface area contributed by atoms with Gasteiger partial charge in [-0.15, -0.1) is 0 Å². The number of aryl methyl sites for hydroxylation is 2. The standard InChI is InChI=1S/C10H13N3S/c1-7-3-5-11-10-9(7)12-8(13-10)4-6-14-2/h3,5H,4,6H2,1-2H3,(H,11,12,13). The Morgan fingerprint density at radius 2 is 2.36 bits per heavy atom. The van der Waals surface area contributed by atoms with Gasteiger partial charge in [-0.2, -0.15) is 11.8 Å². The van der Waals surface area contributed by atoms with Crippen molar-refractivity contribution in [2.24, 2.45) is 0 Å². The van der Waals surface area contributed by atoms with Gasteiger partial charge in [-0.1, -0.05) is 0 Å². The molecule has 0 bridgehead atoms. The highest BCUT2D eigenvalue weighted by Crippen LogP contribution is 2.13. The second-order valence-corrected chi connectivity index (χ2v) is 4.24. The van der Waals surface area contributed by atoms with Crippen LogP contribution >= 0.6 is 11.8 Å². The Hall–Kier alpha value is -1.03. The molecule has 4 heteroatoms. The summed E-state index contributed by atoms with van der Waals surface area (Å²) in [7, 11) is 0. The van der Waals surface area contributed by atoms with Crippen LogP contribution in [0.4, 0.5) is 0 Å². The number of rotatable bonds is 3. The van der Waals surface area contributed by atoms with Gasteiger partial charge in [0.05, 0.1) is 5.52 Å². The Morgan fingerprint density at radius 3 is 3.07 bits per heavy atom. The Labute approximate surface area is 87.3 Å². The van der Waals surface area contributed by atoms with E-state index in [1.54, 1.807) is 6.20 Å². The van der Waals surface area contributed by atoms with Gasteiger partial charge < -0.3 is 4.98 Å². The van der Waals surface area contributed by atoms with Crippen molar-refractivity contribution in [2.45, 2.75) is 13.3 Å². The molecule has 0 saturated heterocycles. The molecule has 2 aromatic rings. The normalized spacial score (nSPS) is 11.0. The predicted molar refractivity (Wildman–Crippen MR) is 60.7 cm³/mol. The molecule has 0 fully saturated rings. The molecular formula is C10H13N3S. The number of hydrogen-bond donors (Lipinski definition) is 1. The number of aromatic nitrogens is 3. The summed E-state index contributed by atoms with van der Waals surface area (Å²) in [6, 6.07) is 2.00. The molecule has 1 N–H and O–H groups in total. The molecule has 74 valence electrons. The molecule has 0 radical (unpaired) electrons. The Bertz CT molecular complexity index is 436. The molecule has 0 aromatic carbocycles. The maximum absolute atomic E-state index is 4.43. The van der Waals surface area contributed by atoms with E-state index in [9.17, 15) is 0 Å². The molecule has 0 unspecified atom stereocenters. The highest BCUT2D eigenvalue weighted by atomic mass is 32.2. The van der Waals surface area contributed by atoms with Gasteiger partial charge in [-0.25, -0.2) is 9.97 Å². The Balaban J connectivity index is 2.36. The van der Waals surface area contributed by atoms with E-state index in [0.29, 0.717) is 0 Å². The lowest BCUT2D eigenvalue weighted by Crippen LogP contribution is -1.89. The fraction of sp³-hybridized carbons (Fsp3) is 0.400. The smallest absolute Gasteiger partial charge is 0.177 e. The number of H-pyrrole nitrogens is 1. The number of pyridine rings is 1. The summed E-state index contributed by atoms with van der Waals surface area (Å²) in [5.41, 5.74) is 3.11. The van der Waals surface area contributed by atoms with Crippen molar-refractivity contribution in [3.8, 4) is 0 Å². The SMILES string of the molecule is CSCCc1nc2nccc(C)c2[nH]1. The van der Waals surface area contributed by atoms with Crippen LogP contribution < -0.4 is 0 Å². The molecule has 0 aliphatic rings. The Kier molecular flexibility index (Phi) is 2.72. The van der Waals surface area contributed by atoms with Crippen LogP contribution in [-0.4, -0.2) is 27.0 Å². The number of aromatic amines is 1. The van der Waals surface area contributed by atoms with E-state index in [0.717, 1.165) is 29.2 Å². The first kappa shape index (κ1) is 9.52. The van der Waals surface area contributed by atoms with Gasteiger partial charge in [0.15, 0.2) is 5.65 Å². The van der Waals surface area contributed by atoms with E-state index in [1.165, 1.54) is 5.56 Å². The van der Waals surface area contributed by atoms with Crippen molar-refractivity contribution in [3.63, 3.8) is 0 Å². The quantitative estimate of drug-likeness (QED) is 0.838. The molecule has 14 heavy (non-hydrogen) atoms. The van der Waals surface area contributed by atoms with E-state index in [1.807, 2.05) is 17.8 Å². The van der Waals surface area contributed by atoms with Crippen LogP contribution in [0, 0.1) is 6.92 Å². The van der Waals surface area contributed by atoms with Gasteiger partial charge in [-0.05, 0) is 24.8 Å².